The number of aromatic nitrogens is 4. The Balaban J connectivity index is 1.64. The normalized spacial score (nSPS) is 10.7. The number of hydrogen-bond acceptors (Lipinski definition) is 5. The van der Waals surface area contributed by atoms with Crippen LogP contribution in [-0.4, -0.2) is 31.9 Å². The molecule has 0 aliphatic carbocycles. The molecular weight excluding hydrogens is 346 g/mol. The number of carbonyl (C=O) groups is 1. The molecule has 7 heteroatoms. The van der Waals surface area contributed by atoms with E-state index in [1.165, 1.54) is 17.3 Å². The van der Waals surface area contributed by atoms with Crippen LogP contribution >= 0.6 is 11.8 Å². The summed E-state index contributed by atoms with van der Waals surface area (Å²) in [5.41, 5.74) is 5.18. The number of nitrogens with one attached hydrogen (secondary N) is 1. The largest absolute Gasteiger partial charge is 0.325 e. The minimum atomic E-state index is -0.0871. The van der Waals surface area contributed by atoms with Crippen molar-refractivity contribution in [2.24, 2.45) is 0 Å². The lowest BCUT2D eigenvalue weighted by Crippen LogP contribution is -2.14. The number of benzene rings is 2. The molecule has 1 aromatic heterocycles. The van der Waals surface area contributed by atoms with E-state index in [1.807, 2.05) is 38.1 Å². The fourth-order valence-corrected chi connectivity index (χ4v) is 3.37. The Morgan fingerprint density at radius 1 is 1.12 bits per heavy atom. The van der Waals surface area contributed by atoms with Gasteiger partial charge in [0, 0.05) is 5.69 Å². The van der Waals surface area contributed by atoms with Crippen LogP contribution in [0.3, 0.4) is 0 Å². The molecular formula is C19H21N5OS. The summed E-state index contributed by atoms with van der Waals surface area (Å²) in [5.74, 6) is 0.149. The molecule has 0 saturated carbocycles. The quantitative estimate of drug-likeness (QED) is 0.674. The third-order valence-electron chi connectivity index (χ3n) is 3.87. The van der Waals surface area contributed by atoms with Gasteiger partial charge in [-0.3, -0.25) is 4.79 Å². The molecule has 6 nitrogen and oxygen atoms in total. The molecule has 2 aromatic carbocycles. The minimum Gasteiger partial charge on any atom is -0.325 e. The summed E-state index contributed by atoms with van der Waals surface area (Å²) in [6.45, 7) is 6.13. The van der Waals surface area contributed by atoms with Crippen LogP contribution in [0.25, 0.3) is 5.69 Å². The lowest BCUT2D eigenvalue weighted by Gasteiger charge is -2.08. The van der Waals surface area contributed by atoms with Crippen LogP contribution in [0.1, 0.15) is 23.6 Å². The Morgan fingerprint density at radius 2 is 1.81 bits per heavy atom. The van der Waals surface area contributed by atoms with E-state index in [4.69, 9.17) is 0 Å². The van der Waals surface area contributed by atoms with Gasteiger partial charge in [-0.15, -0.1) is 5.10 Å². The van der Waals surface area contributed by atoms with Crippen molar-refractivity contribution in [1.29, 1.82) is 0 Å². The standard InChI is InChI=1S/C19H21N5OS/c1-4-15-5-7-17(8-6-15)24-19(21-22-23-24)26-12-18(25)20-16-10-13(2)9-14(3)11-16/h5-11H,4,12H2,1-3H3,(H,20,25). The van der Waals surface area contributed by atoms with Gasteiger partial charge in [-0.05, 0) is 71.7 Å². The minimum absolute atomic E-state index is 0.0871. The number of thioether (sulfide) groups is 1. The van der Waals surface area contributed by atoms with Gasteiger partial charge in [-0.25, -0.2) is 0 Å². The summed E-state index contributed by atoms with van der Waals surface area (Å²) in [6.07, 6.45) is 0.982. The molecule has 0 saturated heterocycles. The van der Waals surface area contributed by atoms with Crippen LogP contribution in [0, 0.1) is 13.8 Å². The summed E-state index contributed by atoms with van der Waals surface area (Å²) in [5, 5.41) is 15.3. The van der Waals surface area contributed by atoms with E-state index in [2.05, 4.69) is 46.0 Å². The fourth-order valence-electron chi connectivity index (χ4n) is 2.68. The number of tetrazole rings is 1. The van der Waals surface area contributed by atoms with Crippen LogP contribution < -0.4 is 5.32 Å². The number of rotatable bonds is 6. The van der Waals surface area contributed by atoms with Gasteiger partial charge in [-0.2, -0.15) is 4.68 Å². The molecule has 0 radical (unpaired) electrons. The van der Waals surface area contributed by atoms with E-state index in [-0.39, 0.29) is 11.7 Å². The molecule has 3 aromatic rings. The lowest BCUT2D eigenvalue weighted by molar-refractivity contribution is -0.113. The summed E-state index contributed by atoms with van der Waals surface area (Å²) in [6, 6.07) is 14.0. The van der Waals surface area contributed by atoms with Crippen LogP contribution in [-0.2, 0) is 11.2 Å². The average molecular weight is 367 g/mol. The number of anilines is 1. The second-order valence-electron chi connectivity index (χ2n) is 6.11. The third-order valence-corrected chi connectivity index (χ3v) is 4.79. The summed E-state index contributed by atoms with van der Waals surface area (Å²) >= 11 is 1.31. The van der Waals surface area contributed by atoms with Gasteiger partial charge in [0.15, 0.2) is 0 Å². The highest BCUT2D eigenvalue weighted by Crippen LogP contribution is 2.20. The molecule has 0 unspecified atom stereocenters. The maximum Gasteiger partial charge on any atom is 0.234 e. The van der Waals surface area contributed by atoms with Crippen molar-refractivity contribution in [3.05, 3.63) is 59.2 Å². The van der Waals surface area contributed by atoms with Crippen LogP contribution in [0.2, 0.25) is 0 Å². The molecule has 0 aliphatic rings. The first-order chi connectivity index (χ1) is 12.5. The molecule has 0 bridgehead atoms. The SMILES string of the molecule is CCc1ccc(-n2nnnc2SCC(=O)Nc2cc(C)cc(C)c2)cc1. The second kappa shape index (κ2) is 8.14. The molecule has 1 N–H and O–H groups in total. The number of hydrogen-bond donors (Lipinski definition) is 1. The van der Waals surface area contributed by atoms with E-state index in [9.17, 15) is 4.79 Å². The van der Waals surface area contributed by atoms with Crippen molar-refractivity contribution < 1.29 is 4.79 Å². The molecule has 0 aliphatic heterocycles. The predicted octanol–water partition coefficient (Wildman–Crippen LogP) is 3.57. The second-order valence-corrected chi connectivity index (χ2v) is 7.05. The molecule has 3 rings (SSSR count). The van der Waals surface area contributed by atoms with Gasteiger partial charge < -0.3 is 5.32 Å². The fraction of sp³-hybridized carbons (Fsp3) is 0.263. The number of amides is 1. The van der Waals surface area contributed by atoms with Crippen LogP contribution in [0.5, 0.6) is 0 Å². The van der Waals surface area contributed by atoms with Crippen molar-refractivity contribution >= 4 is 23.4 Å². The molecule has 0 atom stereocenters. The maximum absolute atomic E-state index is 12.3. The maximum atomic E-state index is 12.3. The molecule has 1 amide bonds. The van der Waals surface area contributed by atoms with Gasteiger partial charge in [0.25, 0.3) is 0 Å². The Morgan fingerprint density at radius 3 is 2.46 bits per heavy atom. The highest BCUT2D eigenvalue weighted by molar-refractivity contribution is 7.99. The molecule has 134 valence electrons. The third kappa shape index (κ3) is 4.49. The van der Waals surface area contributed by atoms with Gasteiger partial charge in [-0.1, -0.05) is 36.9 Å². The van der Waals surface area contributed by atoms with Crippen molar-refractivity contribution in [1.82, 2.24) is 20.2 Å². The molecule has 26 heavy (non-hydrogen) atoms. The molecule has 0 spiro atoms. The van der Waals surface area contributed by atoms with Crippen molar-refractivity contribution in [3.63, 3.8) is 0 Å². The Labute approximate surface area is 157 Å². The zero-order valence-corrected chi connectivity index (χ0v) is 15.9. The van der Waals surface area contributed by atoms with Crippen molar-refractivity contribution in [2.45, 2.75) is 32.3 Å². The van der Waals surface area contributed by atoms with E-state index < -0.39 is 0 Å². The van der Waals surface area contributed by atoms with Gasteiger partial charge in [0.05, 0.1) is 11.4 Å². The summed E-state index contributed by atoms with van der Waals surface area (Å²) < 4.78 is 1.65. The van der Waals surface area contributed by atoms with Gasteiger partial charge in [0.2, 0.25) is 11.1 Å². The monoisotopic (exact) mass is 367 g/mol. The first-order valence-corrected chi connectivity index (χ1v) is 9.42. The van der Waals surface area contributed by atoms with E-state index in [1.54, 1.807) is 4.68 Å². The van der Waals surface area contributed by atoms with Crippen LogP contribution in [0.15, 0.2) is 47.6 Å². The highest BCUT2D eigenvalue weighted by atomic mass is 32.2. The predicted molar refractivity (Wildman–Crippen MR) is 104 cm³/mol. The Hall–Kier alpha value is -2.67. The zero-order chi connectivity index (χ0) is 18.5. The lowest BCUT2D eigenvalue weighted by atomic mass is 10.1. The number of nitrogens with zero attached hydrogens (tertiary/aromatic N) is 4. The smallest absolute Gasteiger partial charge is 0.234 e. The van der Waals surface area contributed by atoms with E-state index >= 15 is 0 Å². The Kier molecular flexibility index (Phi) is 5.68. The van der Waals surface area contributed by atoms with Crippen molar-refractivity contribution in [2.75, 3.05) is 11.1 Å². The molecule has 0 fully saturated rings. The average Bonchev–Trinajstić information content (AvgIpc) is 3.07. The summed E-state index contributed by atoms with van der Waals surface area (Å²) in [7, 11) is 0. The number of aryl methyl sites for hydroxylation is 3. The highest BCUT2D eigenvalue weighted by Gasteiger charge is 2.12. The first kappa shape index (κ1) is 18.1. The topological polar surface area (TPSA) is 72.7 Å². The van der Waals surface area contributed by atoms with E-state index in [0.29, 0.717) is 5.16 Å². The number of carbonyl (C=O) groups excluding carboxylic acids is 1. The van der Waals surface area contributed by atoms with E-state index in [0.717, 1.165) is 28.9 Å². The van der Waals surface area contributed by atoms with Gasteiger partial charge in [0.1, 0.15) is 0 Å². The zero-order valence-electron chi connectivity index (χ0n) is 15.1. The Bertz CT molecular complexity index is 884. The summed E-state index contributed by atoms with van der Waals surface area (Å²) in [4.78, 5) is 12.3. The van der Waals surface area contributed by atoms with Crippen molar-refractivity contribution in [3.8, 4) is 5.69 Å². The van der Waals surface area contributed by atoms with Gasteiger partial charge >= 0.3 is 0 Å². The van der Waals surface area contributed by atoms with Crippen LogP contribution in [0.4, 0.5) is 5.69 Å². The molecule has 1 heterocycles. The first-order valence-electron chi connectivity index (χ1n) is 8.44.